The van der Waals surface area contributed by atoms with Crippen LogP contribution in [0.2, 0.25) is 0 Å². The molecule has 2 amide bonds. The number of rotatable bonds is 6. The summed E-state index contributed by atoms with van der Waals surface area (Å²) in [6, 6.07) is 1.79. The van der Waals surface area contributed by atoms with Gasteiger partial charge in [0.15, 0.2) is 5.76 Å². The van der Waals surface area contributed by atoms with Crippen molar-refractivity contribution in [2.24, 2.45) is 5.84 Å². The Morgan fingerprint density at radius 3 is 2.74 bits per heavy atom. The molecule has 0 aliphatic heterocycles. The zero-order chi connectivity index (χ0) is 14.4. The number of aryl methyl sites for hydroxylation is 1. The van der Waals surface area contributed by atoms with Crippen molar-refractivity contribution >= 4 is 11.8 Å². The molecular weight excluding hydrogens is 248 g/mol. The SMILES string of the molecule is CNC(=O)CCN(C)Cc1cc(C)c(C(=O)NN)o1. The summed E-state index contributed by atoms with van der Waals surface area (Å²) in [4.78, 5) is 24.5. The van der Waals surface area contributed by atoms with Gasteiger partial charge < -0.3 is 9.73 Å². The number of nitrogen functional groups attached to an aromatic ring is 1. The van der Waals surface area contributed by atoms with Crippen LogP contribution >= 0.6 is 0 Å². The van der Waals surface area contributed by atoms with Crippen LogP contribution in [0.25, 0.3) is 0 Å². The molecular formula is C12H20N4O3. The number of nitrogens with zero attached hydrogens (tertiary/aromatic N) is 1. The van der Waals surface area contributed by atoms with Crippen LogP contribution < -0.4 is 16.6 Å². The third-order valence-electron chi connectivity index (χ3n) is 2.73. The van der Waals surface area contributed by atoms with Gasteiger partial charge in [0.25, 0.3) is 0 Å². The van der Waals surface area contributed by atoms with E-state index in [1.165, 1.54) is 0 Å². The van der Waals surface area contributed by atoms with E-state index in [0.717, 1.165) is 5.56 Å². The molecule has 0 saturated heterocycles. The molecule has 0 aliphatic carbocycles. The van der Waals surface area contributed by atoms with Crippen LogP contribution in [0.4, 0.5) is 0 Å². The van der Waals surface area contributed by atoms with E-state index in [1.807, 2.05) is 17.4 Å². The topological polar surface area (TPSA) is 101 Å². The summed E-state index contributed by atoms with van der Waals surface area (Å²) in [5, 5.41) is 2.56. The van der Waals surface area contributed by atoms with Crippen LogP contribution in [0, 0.1) is 6.92 Å². The number of amides is 2. The van der Waals surface area contributed by atoms with Crippen LogP contribution in [0.5, 0.6) is 0 Å². The molecule has 4 N–H and O–H groups in total. The molecule has 0 aromatic carbocycles. The normalized spacial score (nSPS) is 10.6. The van der Waals surface area contributed by atoms with Crippen molar-refractivity contribution in [3.05, 3.63) is 23.2 Å². The molecule has 0 atom stereocenters. The Balaban J connectivity index is 2.57. The molecule has 19 heavy (non-hydrogen) atoms. The Kier molecular flexibility index (Phi) is 5.53. The summed E-state index contributed by atoms with van der Waals surface area (Å²) in [5.41, 5.74) is 2.77. The Hall–Kier alpha value is -1.86. The average molecular weight is 268 g/mol. The Labute approximate surface area is 112 Å². The molecule has 1 heterocycles. The summed E-state index contributed by atoms with van der Waals surface area (Å²) in [5.74, 6) is 5.49. The third kappa shape index (κ3) is 4.38. The highest BCUT2D eigenvalue weighted by atomic mass is 16.4. The minimum absolute atomic E-state index is 0.00864. The number of nitrogens with one attached hydrogen (secondary N) is 2. The molecule has 0 aliphatic rings. The van der Waals surface area contributed by atoms with Gasteiger partial charge in [-0.2, -0.15) is 0 Å². The predicted molar refractivity (Wildman–Crippen MR) is 70.1 cm³/mol. The van der Waals surface area contributed by atoms with Gasteiger partial charge in [0, 0.05) is 25.6 Å². The van der Waals surface area contributed by atoms with E-state index in [1.54, 1.807) is 20.0 Å². The second kappa shape index (κ2) is 6.91. The maximum absolute atomic E-state index is 11.4. The third-order valence-corrected chi connectivity index (χ3v) is 2.73. The van der Waals surface area contributed by atoms with E-state index in [0.29, 0.717) is 25.3 Å². The van der Waals surface area contributed by atoms with E-state index in [9.17, 15) is 9.59 Å². The summed E-state index contributed by atoms with van der Waals surface area (Å²) < 4.78 is 5.44. The first-order valence-electron chi connectivity index (χ1n) is 5.97. The van der Waals surface area contributed by atoms with Crippen molar-refractivity contribution in [1.82, 2.24) is 15.6 Å². The number of carbonyl (C=O) groups is 2. The molecule has 0 saturated carbocycles. The van der Waals surface area contributed by atoms with Crippen LogP contribution in [0.1, 0.15) is 28.3 Å². The molecule has 0 bridgehead atoms. The summed E-state index contributed by atoms with van der Waals surface area (Å²) in [6.45, 7) is 2.91. The second-order valence-corrected chi connectivity index (χ2v) is 4.36. The largest absolute Gasteiger partial charge is 0.454 e. The zero-order valence-electron chi connectivity index (χ0n) is 11.4. The van der Waals surface area contributed by atoms with Crippen molar-refractivity contribution in [2.45, 2.75) is 19.9 Å². The number of nitrogens with two attached hydrogens (primary N) is 1. The smallest absolute Gasteiger partial charge is 0.301 e. The van der Waals surface area contributed by atoms with Gasteiger partial charge in [0.1, 0.15) is 5.76 Å². The highest BCUT2D eigenvalue weighted by Crippen LogP contribution is 2.15. The lowest BCUT2D eigenvalue weighted by molar-refractivity contribution is -0.120. The molecule has 106 valence electrons. The fourth-order valence-corrected chi connectivity index (χ4v) is 1.68. The fraction of sp³-hybridized carbons (Fsp3) is 0.500. The molecule has 1 rings (SSSR count). The first kappa shape index (κ1) is 15.2. The highest BCUT2D eigenvalue weighted by molar-refractivity contribution is 5.92. The Morgan fingerprint density at radius 2 is 2.16 bits per heavy atom. The first-order valence-corrected chi connectivity index (χ1v) is 5.97. The van der Waals surface area contributed by atoms with E-state index < -0.39 is 5.91 Å². The lowest BCUT2D eigenvalue weighted by Crippen LogP contribution is -2.30. The van der Waals surface area contributed by atoms with Crippen molar-refractivity contribution in [1.29, 1.82) is 0 Å². The van der Waals surface area contributed by atoms with Crippen molar-refractivity contribution in [2.75, 3.05) is 20.6 Å². The number of hydrogen-bond donors (Lipinski definition) is 3. The van der Waals surface area contributed by atoms with Gasteiger partial charge in [-0.05, 0) is 20.0 Å². The van der Waals surface area contributed by atoms with Gasteiger partial charge >= 0.3 is 5.91 Å². The van der Waals surface area contributed by atoms with Gasteiger partial charge in [-0.15, -0.1) is 0 Å². The van der Waals surface area contributed by atoms with E-state index in [4.69, 9.17) is 10.3 Å². The van der Waals surface area contributed by atoms with Gasteiger partial charge in [0.2, 0.25) is 5.91 Å². The lowest BCUT2D eigenvalue weighted by atomic mass is 10.2. The molecule has 7 heteroatoms. The molecule has 7 nitrogen and oxygen atoms in total. The van der Waals surface area contributed by atoms with Crippen LogP contribution in [0.3, 0.4) is 0 Å². The van der Waals surface area contributed by atoms with E-state index in [-0.39, 0.29) is 11.7 Å². The van der Waals surface area contributed by atoms with E-state index in [2.05, 4.69) is 5.32 Å². The minimum atomic E-state index is -0.447. The summed E-state index contributed by atoms with van der Waals surface area (Å²) in [6.07, 6.45) is 0.419. The molecule has 0 unspecified atom stereocenters. The maximum Gasteiger partial charge on any atom is 0.301 e. The molecule has 0 fully saturated rings. The number of hydrazine groups is 1. The van der Waals surface area contributed by atoms with Crippen molar-refractivity contribution < 1.29 is 14.0 Å². The summed E-state index contributed by atoms with van der Waals surface area (Å²) >= 11 is 0. The van der Waals surface area contributed by atoms with E-state index >= 15 is 0 Å². The maximum atomic E-state index is 11.4. The Morgan fingerprint density at radius 1 is 1.47 bits per heavy atom. The van der Waals surface area contributed by atoms with Gasteiger partial charge in [-0.1, -0.05) is 0 Å². The van der Waals surface area contributed by atoms with Crippen LogP contribution in [-0.4, -0.2) is 37.4 Å². The van der Waals surface area contributed by atoms with Crippen molar-refractivity contribution in [3.63, 3.8) is 0 Å². The van der Waals surface area contributed by atoms with Gasteiger partial charge in [-0.3, -0.25) is 19.9 Å². The number of carbonyl (C=O) groups excluding carboxylic acids is 2. The average Bonchev–Trinajstić information content (AvgIpc) is 2.75. The molecule has 0 radical (unpaired) electrons. The fourth-order valence-electron chi connectivity index (χ4n) is 1.68. The minimum Gasteiger partial charge on any atom is -0.454 e. The van der Waals surface area contributed by atoms with Crippen molar-refractivity contribution in [3.8, 4) is 0 Å². The Bertz CT molecular complexity index is 456. The molecule has 1 aromatic rings. The molecule has 1 aromatic heterocycles. The van der Waals surface area contributed by atoms with Gasteiger partial charge in [0.05, 0.1) is 6.54 Å². The van der Waals surface area contributed by atoms with Gasteiger partial charge in [-0.25, -0.2) is 5.84 Å². The number of hydrogen-bond acceptors (Lipinski definition) is 5. The second-order valence-electron chi connectivity index (χ2n) is 4.36. The van der Waals surface area contributed by atoms with Crippen LogP contribution in [-0.2, 0) is 11.3 Å². The highest BCUT2D eigenvalue weighted by Gasteiger charge is 2.15. The summed E-state index contributed by atoms with van der Waals surface area (Å²) in [7, 11) is 3.49. The molecule has 0 spiro atoms. The first-order chi connectivity index (χ1) is 8.97. The number of furan rings is 1. The standard InChI is InChI=1S/C12H20N4O3/c1-8-6-9(19-11(8)12(18)15-13)7-16(3)5-4-10(17)14-2/h6H,4-5,7,13H2,1-3H3,(H,14,17)(H,15,18). The zero-order valence-corrected chi connectivity index (χ0v) is 11.4. The quantitative estimate of drug-likeness (QED) is 0.375. The lowest BCUT2D eigenvalue weighted by Gasteiger charge is -2.14. The monoisotopic (exact) mass is 268 g/mol. The van der Waals surface area contributed by atoms with Crippen LogP contribution in [0.15, 0.2) is 10.5 Å². The predicted octanol–water partition coefficient (Wildman–Crippen LogP) is -0.241.